The van der Waals surface area contributed by atoms with Gasteiger partial charge in [0.05, 0.1) is 12.7 Å². The standard InChI is InChI=1S/C13H24O/c1-11(4-2-6-12-8-9-12)5-3-7-13-10-14-13/h11-13H,2-10H2,1H3. The monoisotopic (exact) mass is 196 g/mol. The molecule has 0 N–H and O–H groups in total. The van der Waals surface area contributed by atoms with Crippen LogP contribution in [-0.4, -0.2) is 12.7 Å². The molecule has 0 spiro atoms. The number of hydrogen-bond acceptors (Lipinski definition) is 1. The summed E-state index contributed by atoms with van der Waals surface area (Å²) in [5.41, 5.74) is 0. The second-order valence-corrected chi connectivity index (χ2v) is 5.37. The topological polar surface area (TPSA) is 12.5 Å². The Labute approximate surface area is 88.2 Å². The molecule has 0 aromatic carbocycles. The van der Waals surface area contributed by atoms with Gasteiger partial charge < -0.3 is 4.74 Å². The highest BCUT2D eigenvalue weighted by molar-refractivity contribution is 4.73. The zero-order valence-corrected chi connectivity index (χ0v) is 9.50. The van der Waals surface area contributed by atoms with Crippen molar-refractivity contribution in [1.29, 1.82) is 0 Å². The highest BCUT2D eigenvalue weighted by atomic mass is 16.6. The lowest BCUT2D eigenvalue weighted by Gasteiger charge is -2.09. The molecule has 14 heavy (non-hydrogen) atoms. The molecule has 2 aliphatic rings. The molecule has 1 nitrogen and oxygen atoms in total. The van der Waals surface area contributed by atoms with Crippen molar-refractivity contribution in [2.75, 3.05) is 6.61 Å². The molecule has 1 saturated carbocycles. The smallest absolute Gasteiger partial charge is 0.0810 e. The van der Waals surface area contributed by atoms with Crippen molar-refractivity contribution >= 4 is 0 Å². The Balaban J connectivity index is 1.38. The SMILES string of the molecule is CC(CCCC1CC1)CCCC1CO1. The third kappa shape index (κ3) is 4.45. The Morgan fingerprint density at radius 1 is 1.14 bits per heavy atom. The van der Waals surface area contributed by atoms with Crippen LogP contribution in [-0.2, 0) is 4.74 Å². The molecule has 0 aromatic rings. The predicted molar refractivity (Wildman–Crippen MR) is 59.3 cm³/mol. The lowest BCUT2D eigenvalue weighted by atomic mass is 9.97. The highest BCUT2D eigenvalue weighted by Crippen LogP contribution is 2.34. The van der Waals surface area contributed by atoms with E-state index >= 15 is 0 Å². The minimum atomic E-state index is 0.647. The second-order valence-electron chi connectivity index (χ2n) is 5.37. The summed E-state index contributed by atoms with van der Waals surface area (Å²) in [5, 5.41) is 0. The van der Waals surface area contributed by atoms with Gasteiger partial charge in [-0.2, -0.15) is 0 Å². The van der Waals surface area contributed by atoms with Gasteiger partial charge in [-0.05, 0) is 18.3 Å². The molecule has 82 valence electrons. The fourth-order valence-electron chi connectivity index (χ4n) is 2.23. The predicted octanol–water partition coefficient (Wildman–Crippen LogP) is 3.77. The van der Waals surface area contributed by atoms with Crippen molar-refractivity contribution in [3.05, 3.63) is 0 Å². The summed E-state index contributed by atoms with van der Waals surface area (Å²) < 4.78 is 5.21. The molecule has 0 aromatic heterocycles. The van der Waals surface area contributed by atoms with Gasteiger partial charge in [0.1, 0.15) is 0 Å². The van der Waals surface area contributed by atoms with Crippen molar-refractivity contribution in [1.82, 2.24) is 0 Å². The van der Waals surface area contributed by atoms with Crippen LogP contribution in [0, 0.1) is 11.8 Å². The molecule has 2 unspecified atom stereocenters. The molecule has 0 amide bonds. The number of rotatable bonds is 8. The minimum absolute atomic E-state index is 0.647. The summed E-state index contributed by atoms with van der Waals surface area (Å²) in [5.74, 6) is 2.08. The maximum atomic E-state index is 5.21. The maximum absolute atomic E-state index is 5.21. The fraction of sp³-hybridized carbons (Fsp3) is 1.00. The van der Waals surface area contributed by atoms with E-state index in [4.69, 9.17) is 4.74 Å². The Morgan fingerprint density at radius 2 is 1.79 bits per heavy atom. The average molecular weight is 196 g/mol. The molecule has 2 atom stereocenters. The van der Waals surface area contributed by atoms with Crippen LogP contribution < -0.4 is 0 Å². The summed E-state index contributed by atoms with van der Waals surface area (Å²) >= 11 is 0. The Morgan fingerprint density at radius 3 is 2.36 bits per heavy atom. The first-order valence-corrected chi connectivity index (χ1v) is 6.46. The van der Waals surface area contributed by atoms with E-state index in [1.54, 1.807) is 0 Å². The first-order chi connectivity index (χ1) is 6.84. The van der Waals surface area contributed by atoms with Crippen LogP contribution in [0.5, 0.6) is 0 Å². The molecule has 1 aliphatic heterocycles. The van der Waals surface area contributed by atoms with Crippen LogP contribution >= 0.6 is 0 Å². The number of hydrogen-bond donors (Lipinski definition) is 0. The first kappa shape index (κ1) is 10.5. The molecule has 0 radical (unpaired) electrons. The molecule has 1 heteroatoms. The van der Waals surface area contributed by atoms with Crippen LogP contribution in [0.2, 0.25) is 0 Å². The Bertz CT molecular complexity index is 141. The van der Waals surface area contributed by atoms with E-state index in [9.17, 15) is 0 Å². The number of epoxide rings is 1. The van der Waals surface area contributed by atoms with Gasteiger partial charge in [-0.15, -0.1) is 0 Å². The van der Waals surface area contributed by atoms with E-state index in [1.807, 2.05) is 0 Å². The van der Waals surface area contributed by atoms with Crippen LogP contribution in [0.15, 0.2) is 0 Å². The van der Waals surface area contributed by atoms with E-state index in [0.717, 1.165) is 18.4 Å². The molecular formula is C13H24O. The summed E-state index contributed by atoms with van der Waals surface area (Å²) in [6.45, 7) is 3.46. The molecule has 2 fully saturated rings. The molecule has 1 saturated heterocycles. The summed E-state index contributed by atoms with van der Waals surface area (Å²) in [6, 6.07) is 0. The van der Waals surface area contributed by atoms with Gasteiger partial charge in [0.15, 0.2) is 0 Å². The highest BCUT2D eigenvalue weighted by Gasteiger charge is 2.22. The molecule has 1 heterocycles. The summed E-state index contributed by atoms with van der Waals surface area (Å²) in [6.07, 6.45) is 12.3. The normalized spacial score (nSPS) is 27.6. The fourth-order valence-corrected chi connectivity index (χ4v) is 2.23. The van der Waals surface area contributed by atoms with Gasteiger partial charge in [-0.3, -0.25) is 0 Å². The van der Waals surface area contributed by atoms with Crippen molar-refractivity contribution in [3.63, 3.8) is 0 Å². The van der Waals surface area contributed by atoms with E-state index in [2.05, 4.69) is 6.92 Å². The van der Waals surface area contributed by atoms with Crippen LogP contribution in [0.1, 0.15) is 58.3 Å². The van der Waals surface area contributed by atoms with Gasteiger partial charge in [0.25, 0.3) is 0 Å². The van der Waals surface area contributed by atoms with Crippen LogP contribution in [0.3, 0.4) is 0 Å². The van der Waals surface area contributed by atoms with Gasteiger partial charge in [-0.25, -0.2) is 0 Å². The lowest BCUT2D eigenvalue weighted by Crippen LogP contribution is -1.96. The Kier molecular flexibility index (Phi) is 3.86. The molecule has 0 bridgehead atoms. The van der Waals surface area contributed by atoms with Gasteiger partial charge in [0, 0.05) is 0 Å². The largest absolute Gasteiger partial charge is 0.373 e. The van der Waals surface area contributed by atoms with Crippen molar-refractivity contribution in [3.8, 4) is 0 Å². The average Bonchev–Trinajstić information content (AvgIpc) is 2.99. The molecule has 1 aliphatic carbocycles. The van der Waals surface area contributed by atoms with Gasteiger partial charge in [0.2, 0.25) is 0 Å². The third-order valence-electron chi connectivity index (χ3n) is 3.63. The summed E-state index contributed by atoms with van der Waals surface area (Å²) in [7, 11) is 0. The number of ether oxygens (including phenoxy) is 1. The van der Waals surface area contributed by atoms with E-state index < -0.39 is 0 Å². The van der Waals surface area contributed by atoms with Gasteiger partial charge >= 0.3 is 0 Å². The van der Waals surface area contributed by atoms with E-state index in [0.29, 0.717) is 6.10 Å². The Hall–Kier alpha value is -0.0400. The minimum Gasteiger partial charge on any atom is -0.373 e. The van der Waals surface area contributed by atoms with Crippen molar-refractivity contribution in [2.45, 2.75) is 64.4 Å². The summed E-state index contributed by atoms with van der Waals surface area (Å²) in [4.78, 5) is 0. The van der Waals surface area contributed by atoms with Crippen LogP contribution in [0.25, 0.3) is 0 Å². The second kappa shape index (κ2) is 5.16. The van der Waals surface area contributed by atoms with Crippen LogP contribution in [0.4, 0.5) is 0 Å². The maximum Gasteiger partial charge on any atom is 0.0810 e. The van der Waals surface area contributed by atoms with Crippen molar-refractivity contribution < 1.29 is 4.74 Å². The van der Waals surface area contributed by atoms with E-state index in [1.165, 1.54) is 51.4 Å². The van der Waals surface area contributed by atoms with Crippen molar-refractivity contribution in [2.24, 2.45) is 11.8 Å². The lowest BCUT2D eigenvalue weighted by molar-refractivity contribution is 0.372. The zero-order chi connectivity index (χ0) is 9.80. The molecular weight excluding hydrogens is 172 g/mol. The van der Waals surface area contributed by atoms with E-state index in [-0.39, 0.29) is 0 Å². The third-order valence-corrected chi connectivity index (χ3v) is 3.63. The molecule has 2 rings (SSSR count). The zero-order valence-electron chi connectivity index (χ0n) is 9.50. The quantitative estimate of drug-likeness (QED) is 0.538. The van der Waals surface area contributed by atoms with Gasteiger partial charge in [-0.1, -0.05) is 51.9 Å². The first-order valence-electron chi connectivity index (χ1n) is 6.46.